The molecule has 1 saturated heterocycles. The Morgan fingerprint density at radius 1 is 1.17 bits per heavy atom. The standard InChI is InChI=1S/C23H26F2N2O3/c1-26(16-18-7-3-4-8-19(18)27-13-5-6-14-27)22(28)12-10-17-9-11-20(30-23(24)25)21(15-17)29-2/h3-4,7-12,15,23H,5-6,13-14,16H2,1-2H3/b12-10+. The van der Waals surface area contributed by atoms with E-state index >= 15 is 0 Å². The molecule has 5 nitrogen and oxygen atoms in total. The second kappa shape index (κ2) is 10.1. The highest BCUT2D eigenvalue weighted by molar-refractivity contribution is 5.91. The van der Waals surface area contributed by atoms with Crippen LogP contribution in [0.25, 0.3) is 6.08 Å². The largest absolute Gasteiger partial charge is 0.493 e. The first-order valence-electron chi connectivity index (χ1n) is 9.87. The number of hydrogen-bond acceptors (Lipinski definition) is 4. The Bertz CT molecular complexity index is 896. The number of alkyl halides is 2. The Balaban J connectivity index is 1.67. The van der Waals surface area contributed by atoms with Gasteiger partial charge in [-0.3, -0.25) is 4.79 Å². The van der Waals surface area contributed by atoms with Crippen molar-refractivity contribution in [3.8, 4) is 11.5 Å². The van der Waals surface area contributed by atoms with Gasteiger partial charge in [-0.25, -0.2) is 0 Å². The van der Waals surface area contributed by atoms with E-state index in [1.807, 2.05) is 18.2 Å². The first-order chi connectivity index (χ1) is 14.5. The fraction of sp³-hybridized carbons (Fsp3) is 0.348. The first-order valence-corrected chi connectivity index (χ1v) is 9.87. The topological polar surface area (TPSA) is 42.0 Å². The van der Waals surface area contributed by atoms with E-state index in [1.165, 1.54) is 37.8 Å². The second-order valence-corrected chi connectivity index (χ2v) is 7.14. The summed E-state index contributed by atoms with van der Waals surface area (Å²) >= 11 is 0. The van der Waals surface area contributed by atoms with Crippen LogP contribution in [-0.2, 0) is 11.3 Å². The molecule has 0 radical (unpaired) electrons. The van der Waals surface area contributed by atoms with E-state index in [-0.39, 0.29) is 17.4 Å². The number of nitrogens with zero attached hydrogens (tertiary/aromatic N) is 2. The molecule has 0 saturated carbocycles. The minimum Gasteiger partial charge on any atom is -0.493 e. The molecule has 3 rings (SSSR count). The number of amides is 1. The minimum atomic E-state index is -2.93. The van der Waals surface area contributed by atoms with Gasteiger partial charge in [-0.15, -0.1) is 0 Å². The normalized spacial score (nSPS) is 13.8. The molecule has 0 aromatic heterocycles. The maximum absolute atomic E-state index is 12.6. The van der Waals surface area contributed by atoms with Crippen LogP contribution in [0.2, 0.25) is 0 Å². The van der Waals surface area contributed by atoms with Crippen LogP contribution < -0.4 is 14.4 Å². The van der Waals surface area contributed by atoms with Crippen molar-refractivity contribution in [3.63, 3.8) is 0 Å². The van der Waals surface area contributed by atoms with Gasteiger partial charge in [0.25, 0.3) is 0 Å². The molecule has 30 heavy (non-hydrogen) atoms. The van der Waals surface area contributed by atoms with Gasteiger partial charge in [0.05, 0.1) is 7.11 Å². The molecular weight excluding hydrogens is 390 g/mol. The van der Waals surface area contributed by atoms with Crippen molar-refractivity contribution in [2.75, 3.05) is 32.1 Å². The summed E-state index contributed by atoms with van der Waals surface area (Å²) in [4.78, 5) is 16.6. The number of hydrogen-bond donors (Lipinski definition) is 0. The van der Waals surface area contributed by atoms with Crippen molar-refractivity contribution in [2.24, 2.45) is 0 Å². The van der Waals surface area contributed by atoms with E-state index in [4.69, 9.17) is 4.74 Å². The summed E-state index contributed by atoms with van der Waals surface area (Å²) in [5.74, 6) is -0.0255. The quantitative estimate of drug-likeness (QED) is 0.592. The number of benzene rings is 2. The SMILES string of the molecule is COc1cc(/C=C/C(=O)N(C)Cc2ccccc2N2CCCC2)ccc1OC(F)F. The number of likely N-dealkylation sites (N-methyl/N-ethyl adjacent to an activating group) is 1. The van der Waals surface area contributed by atoms with E-state index in [2.05, 4.69) is 15.7 Å². The van der Waals surface area contributed by atoms with Gasteiger partial charge in [-0.05, 0) is 48.2 Å². The molecule has 0 aliphatic carbocycles. The lowest BCUT2D eigenvalue weighted by molar-refractivity contribution is -0.125. The molecule has 7 heteroatoms. The van der Waals surface area contributed by atoms with E-state index in [0.29, 0.717) is 12.1 Å². The van der Waals surface area contributed by atoms with Crippen LogP contribution in [0.5, 0.6) is 11.5 Å². The summed E-state index contributed by atoms with van der Waals surface area (Å²) < 4.78 is 34.4. The first kappa shape index (κ1) is 21.6. The zero-order valence-corrected chi connectivity index (χ0v) is 17.2. The van der Waals surface area contributed by atoms with Crippen LogP contribution in [0.1, 0.15) is 24.0 Å². The van der Waals surface area contributed by atoms with Crippen LogP contribution in [-0.4, -0.2) is 44.7 Å². The van der Waals surface area contributed by atoms with Gasteiger partial charge in [-0.2, -0.15) is 8.78 Å². The second-order valence-electron chi connectivity index (χ2n) is 7.14. The lowest BCUT2D eigenvalue weighted by Gasteiger charge is -2.24. The van der Waals surface area contributed by atoms with Gasteiger partial charge < -0.3 is 19.3 Å². The van der Waals surface area contributed by atoms with Gasteiger partial charge in [0.2, 0.25) is 5.91 Å². The molecule has 1 amide bonds. The molecule has 1 aliphatic heterocycles. The van der Waals surface area contributed by atoms with Crippen molar-refractivity contribution in [3.05, 3.63) is 59.7 Å². The third-order valence-corrected chi connectivity index (χ3v) is 5.04. The molecule has 1 fully saturated rings. The number of halogens is 2. The molecule has 2 aromatic carbocycles. The molecule has 1 aliphatic rings. The molecule has 160 valence electrons. The smallest absolute Gasteiger partial charge is 0.387 e. The molecule has 0 atom stereocenters. The summed E-state index contributed by atoms with van der Waals surface area (Å²) in [6.07, 6.45) is 5.47. The fourth-order valence-corrected chi connectivity index (χ4v) is 3.52. The average Bonchev–Trinajstić information content (AvgIpc) is 3.27. The molecular formula is C23H26F2N2O3. The highest BCUT2D eigenvalue weighted by atomic mass is 19.3. The molecule has 2 aromatic rings. The molecule has 0 N–H and O–H groups in total. The van der Waals surface area contributed by atoms with Gasteiger partial charge in [0, 0.05) is 38.4 Å². The maximum Gasteiger partial charge on any atom is 0.387 e. The lowest BCUT2D eigenvalue weighted by atomic mass is 10.1. The van der Waals surface area contributed by atoms with E-state index in [0.717, 1.165) is 18.7 Å². The Hall–Kier alpha value is -3.09. The van der Waals surface area contributed by atoms with Crippen molar-refractivity contribution >= 4 is 17.7 Å². The number of anilines is 1. The van der Waals surface area contributed by atoms with E-state index in [1.54, 1.807) is 30.2 Å². The Morgan fingerprint density at radius 3 is 2.60 bits per heavy atom. The zero-order chi connectivity index (χ0) is 21.5. The van der Waals surface area contributed by atoms with Gasteiger partial charge in [0.15, 0.2) is 11.5 Å². The Kier molecular flexibility index (Phi) is 7.27. The predicted octanol–water partition coefficient (Wildman–Crippen LogP) is 4.57. The van der Waals surface area contributed by atoms with E-state index in [9.17, 15) is 13.6 Å². The van der Waals surface area contributed by atoms with Gasteiger partial charge in [0.1, 0.15) is 0 Å². The van der Waals surface area contributed by atoms with Gasteiger partial charge in [-0.1, -0.05) is 24.3 Å². The summed E-state index contributed by atoms with van der Waals surface area (Å²) in [7, 11) is 3.13. The summed E-state index contributed by atoms with van der Waals surface area (Å²) in [6, 6.07) is 12.7. The number of methoxy groups -OCH3 is 1. The zero-order valence-electron chi connectivity index (χ0n) is 17.2. The fourth-order valence-electron chi connectivity index (χ4n) is 3.52. The molecule has 1 heterocycles. The van der Waals surface area contributed by atoms with Crippen LogP contribution in [0.4, 0.5) is 14.5 Å². The van der Waals surface area contributed by atoms with Gasteiger partial charge >= 0.3 is 6.61 Å². The number of rotatable bonds is 8. The van der Waals surface area contributed by atoms with Crippen LogP contribution in [0.15, 0.2) is 48.5 Å². The number of ether oxygens (including phenoxy) is 2. The molecule has 0 unspecified atom stereocenters. The summed E-state index contributed by atoms with van der Waals surface area (Å²) in [6.45, 7) is -0.345. The highest BCUT2D eigenvalue weighted by Crippen LogP contribution is 2.30. The maximum atomic E-state index is 12.6. The van der Waals surface area contributed by atoms with Crippen LogP contribution in [0.3, 0.4) is 0 Å². The lowest BCUT2D eigenvalue weighted by Crippen LogP contribution is -2.26. The monoisotopic (exact) mass is 416 g/mol. The molecule has 0 spiro atoms. The van der Waals surface area contributed by atoms with Crippen LogP contribution >= 0.6 is 0 Å². The predicted molar refractivity (Wildman–Crippen MR) is 113 cm³/mol. The Labute approximate surface area is 175 Å². The minimum absolute atomic E-state index is 0.0494. The van der Waals surface area contributed by atoms with Crippen molar-refractivity contribution in [1.82, 2.24) is 4.90 Å². The van der Waals surface area contributed by atoms with Crippen molar-refractivity contribution in [2.45, 2.75) is 26.0 Å². The third-order valence-electron chi connectivity index (χ3n) is 5.04. The van der Waals surface area contributed by atoms with Crippen molar-refractivity contribution in [1.29, 1.82) is 0 Å². The number of carbonyl (C=O) groups is 1. The number of carbonyl (C=O) groups excluding carboxylic acids is 1. The van der Waals surface area contributed by atoms with E-state index < -0.39 is 6.61 Å². The highest BCUT2D eigenvalue weighted by Gasteiger charge is 2.17. The van der Waals surface area contributed by atoms with Crippen molar-refractivity contribution < 1.29 is 23.0 Å². The molecule has 0 bridgehead atoms. The van der Waals surface area contributed by atoms with Crippen LogP contribution in [0, 0.1) is 0 Å². The number of para-hydroxylation sites is 1. The third kappa shape index (κ3) is 5.49. The summed E-state index contributed by atoms with van der Waals surface area (Å²) in [5, 5.41) is 0. The Morgan fingerprint density at radius 2 is 1.90 bits per heavy atom. The summed E-state index contributed by atoms with van der Waals surface area (Å²) in [5.41, 5.74) is 2.93. The average molecular weight is 416 g/mol.